The topological polar surface area (TPSA) is 0 Å². The molecule has 3 rings (SSSR count). The fourth-order valence-electron chi connectivity index (χ4n) is 2.01. The molecule has 2 unspecified atom stereocenters. The lowest BCUT2D eigenvalue weighted by Crippen LogP contribution is -2.15. The lowest BCUT2D eigenvalue weighted by atomic mass is 9.79. The van der Waals surface area contributed by atoms with Crippen molar-refractivity contribution in [1.82, 2.24) is 0 Å². The molecule has 3 saturated carbocycles. The van der Waals surface area contributed by atoms with Crippen molar-refractivity contribution >= 4 is 0 Å². The third kappa shape index (κ3) is 0.329. The maximum atomic E-state index is 3.66. The molecule has 0 nitrogen and oxygen atoms in total. The molecule has 0 spiro atoms. The van der Waals surface area contributed by atoms with E-state index < -0.39 is 0 Å². The van der Waals surface area contributed by atoms with Crippen molar-refractivity contribution < 1.29 is 0 Å². The molecule has 0 radical (unpaired) electrons. The predicted octanol–water partition coefficient (Wildman–Crippen LogP) is 2.13. The molecule has 0 N–H and O–H groups in total. The van der Waals surface area contributed by atoms with Gasteiger partial charge in [-0.25, -0.2) is 0 Å². The van der Waals surface area contributed by atoms with Gasteiger partial charge in [0.1, 0.15) is 0 Å². The first-order valence-corrected chi connectivity index (χ1v) is 3.31. The molecule has 0 aromatic heterocycles. The van der Waals surface area contributed by atoms with E-state index in [0.29, 0.717) is 0 Å². The Hall–Kier alpha value is -0.480. The molecular weight excluding hydrogens is 96.1 g/mol. The Labute approximate surface area is 49.9 Å². The second-order valence-electron chi connectivity index (χ2n) is 2.84. The van der Waals surface area contributed by atoms with Gasteiger partial charge in [-0.2, -0.15) is 0 Å². The monoisotopic (exact) mass is 106 g/mol. The van der Waals surface area contributed by atoms with Crippen molar-refractivity contribution in [3.63, 3.8) is 0 Å². The summed E-state index contributed by atoms with van der Waals surface area (Å²) in [6.45, 7) is 3.66. The molecule has 0 aromatic carbocycles. The Morgan fingerprint density at radius 3 is 2.25 bits per heavy atom. The van der Waals surface area contributed by atoms with Gasteiger partial charge in [0, 0.05) is 0 Å². The van der Waals surface area contributed by atoms with E-state index in [4.69, 9.17) is 0 Å². The minimum atomic E-state index is 0.914. The number of rotatable bonds is 0. The van der Waals surface area contributed by atoms with Gasteiger partial charge in [0.05, 0.1) is 0 Å². The summed E-state index contributed by atoms with van der Waals surface area (Å²) in [5, 5.41) is 0. The Morgan fingerprint density at radius 1 is 1.38 bits per heavy atom. The molecule has 0 amide bonds. The maximum Gasteiger partial charge on any atom is -0.0118 e. The van der Waals surface area contributed by atoms with E-state index in [2.05, 4.69) is 12.3 Å². The van der Waals surface area contributed by atoms with Crippen LogP contribution in [0.5, 0.6) is 0 Å². The highest BCUT2D eigenvalue weighted by Gasteiger charge is 2.41. The van der Waals surface area contributed by atoms with Crippen LogP contribution in [0, 0.1) is 11.8 Å². The van der Waals surface area contributed by atoms with E-state index >= 15 is 0 Å². The van der Waals surface area contributed by atoms with Gasteiger partial charge >= 0.3 is 0 Å². The summed E-state index contributed by atoms with van der Waals surface area (Å²) in [5.41, 5.74) is 4.56. The van der Waals surface area contributed by atoms with Crippen LogP contribution < -0.4 is 0 Å². The SMILES string of the molecule is C=C=C1C2CCC1C2. The molecule has 3 aliphatic rings. The Balaban J connectivity index is 2.35. The highest BCUT2D eigenvalue weighted by atomic mass is 14.4. The number of fused-ring (bicyclic) bond motifs is 1. The van der Waals surface area contributed by atoms with Gasteiger partial charge < -0.3 is 0 Å². The van der Waals surface area contributed by atoms with Gasteiger partial charge in [-0.05, 0) is 36.7 Å². The van der Waals surface area contributed by atoms with Crippen molar-refractivity contribution in [3.8, 4) is 0 Å². The van der Waals surface area contributed by atoms with Crippen molar-refractivity contribution in [1.29, 1.82) is 0 Å². The number of hydrogen-bond donors (Lipinski definition) is 0. The predicted molar refractivity (Wildman–Crippen MR) is 33.5 cm³/mol. The van der Waals surface area contributed by atoms with Gasteiger partial charge in [-0.15, -0.1) is 5.73 Å². The molecule has 3 aliphatic carbocycles. The molecule has 0 heterocycles. The first-order valence-electron chi connectivity index (χ1n) is 3.31. The molecular formula is C8H10. The second-order valence-corrected chi connectivity index (χ2v) is 2.84. The number of hydrogen-bond acceptors (Lipinski definition) is 0. The minimum absolute atomic E-state index is 0.914. The molecule has 42 valence electrons. The normalized spacial score (nSPS) is 41.2. The van der Waals surface area contributed by atoms with E-state index in [9.17, 15) is 0 Å². The molecule has 0 aromatic rings. The summed E-state index contributed by atoms with van der Waals surface area (Å²) in [4.78, 5) is 0. The lowest BCUT2D eigenvalue weighted by molar-refractivity contribution is 0.445. The maximum absolute atomic E-state index is 3.66. The van der Waals surface area contributed by atoms with Gasteiger partial charge in [0.25, 0.3) is 0 Å². The van der Waals surface area contributed by atoms with Crippen LogP contribution in [-0.4, -0.2) is 0 Å². The van der Waals surface area contributed by atoms with Gasteiger partial charge in [0.15, 0.2) is 0 Å². The van der Waals surface area contributed by atoms with Crippen LogP contribution in [-0.2, 0) is 0 Å². The zero-order valence-corrected chi connectivity index (χ0v) is 4.98. The summed E-state index contributed by atoms with van der Waals surface area (Å²) >= 11 is 0. The average Bonchev–Trinajstić information content (AvgIpc) is 2.19. The van der Waals surface area contributed by atoms with E-state index in [1.165, 1.54) is 24.8 Å². The van der Waals surface area contributed by atoms with Crippen LogP contribution >= 0.6 is 0 Å². The second kappa shape index (κ2) is 1.27. The summed E-state index contributed by atoms with van der Waals surface area (Å²) in [5.74, 6) is 1.83. The Kier molecular flexibility index (Phi) is 0.698. The summed E-state index contributed by atoms with van der Waals surface area (Å²) in [6.07, 6.45) is 4.28. The molecule has 8 heavy (non-hydrogen) atoms. The average molecular weight is 106 g/mol. The van der Waals surface area contributed by atoms with Crippen molar-refractivity contribution in [2.24, 2.45) is 11.8 Å². The quantitative estimate of drug-likeness (QED) is 0.415. The van der Waals surface area contributed by atoms with Crippen molar-refractivity contribution in [3.05, 3.63) is 17.9 Å². The third-order valence-electron chi connectivity index (χ3n) is 2.52. The fourth-order valence-corrected chi connectivity index (χ4v) is 2.01. The Morgan fingerprint density at radius 2 is 2.00 bits per heavy atom. The largest absolute Gasteiger partial charge is 0.129 e. The highest BCUT2D eigenvalue weighted by molar-refractivity contribution is 5.23. The highest BCUT2D eigenvalue weighted by Crippen LogP contribution is 2.52. The summed E-state index contributed by atoms with van der Waals surface area (Å²) in [7, 11) is 0. The van der Waals surface area contributed by atoms with Crippen LogP contribution in [0.25, 0.3) is 0 Å². The number of allylic oxidation sites excluding steroid dienone is 1. The van der Waals surface area contributed by atoms with Crippen LogP contribution in [0.15, 0.2) is 17.9 Å². The first-order chi connectivity index (χ1) is 3.92. The molecule has 0 heteroatoms. The molecule has 2 bridgehead atoms. The van der Waals surface area contributed by atoms with Crippen LogP contribution in [0.2, 0.25) is 0 Å². The van der Waals surface area contributed by atoms with Crippen LogP contribution in [0.4, 0.5) is 0 Å². The summed E-state index contributed by atoms with van der Waals surface area (Å²) in [6, 6.07) is 0. The van der Waals surface area contributed by atoms with Crippen molar-refractivity contribution in [2.45, 2.75) is 19.3 Å². The van der Waals surface area contributed by atoms with Crippen LogP contribution in [0.3, 0.4) is 0 Å². The van der Waals surface area contributed by atoms with Gasteiger partial charge in [-0.1, -0.05) is 6.58 Å². The standard InChI is InChI=1S/C8H10/c1-2-8-6-3-4-7(8)5-6/h6-7H,1,3-5H2. The smallest absolute Gasteiger partial charge is 0.0118 e. The minimum Gasteiger partial charge on any atom is -0.129 e. The zero-order valence-electron chi connectivity index (χ0n) is 4.98. The third-order valence-corrected chi connectivity index (χ3v) is 2.52. The fraction of sp³-hybridized carbons (Fsp3) is 0.625. The van der Waals surface area contributed by atoms with E-state index in [1.807, 2.05) is 0 Å². The zero-order chi connectivity index (χ0) is 5.56. The summed E-state index contributed by atoms with van der Waals surface area (Å²) < 4.78 is 0. The lowest BCUT2D eigenvalue weighted by Gasteiger charge is -2.25. The molecule has 2 atom stereocenters. The van der Waals surface area contributed by atoms with E-state index in [-0.39, 0.29) is 0 Å². The Bertz CT molecular complexity index is 145. The van der Waals surface area contributed by atoms with Crippen LogP contribution in [0.1, 0.15) is 19.3 Å². The molecule has 3 fully saturated rings. The van der Waals surface area contributed by atoms with E-state index in [0.717, 1.165) is 11.8 Å². The van der Waals surface area contributed by atoms with Gasteiger partial charge in [0.2, 0.25) is 0 Å². The first kappa shape index (κ1) is 4.40. The van der Waals surface area contributed by atoms with Crippen molar-refractivity contribution in [2.75, 3.05) is 0 Å². The molecule has 0 aliphatic heterocycles. The van der Waals surface area contributed by atoms with E-state index in [1.54, 1.807) is 0 Å². The molecule has 0 saturated heterocycles. The van der Waals surface area contributed by atoms with Gasteiger partial charge in [-0.3, -0.25) is 0 Å².